The van der Waals surface area contributed by atoms with Gasteiger partial charge in [0.25, 0.3) is 0 Å². The Labute approximate surface area is 135 Å². The Morgan fingerprint density at radius 2 is 1.76 bits per heavy atom. The first-order valence-electron chi connectivity index (χ1n) is 6.65. The van der Waals surface area contributed by atoms with Gasteiger partial charge in [-0.05, 0) is 48.2 Å². The van der Waals surface area contributed by atoms with E-state index >= 15 is 0 Å². The predicted molar refractivity (Wildman–Crippen MR) is 88.0 cm³/mol. The summed E-state index contributed by atoms with van der Waals surface area (Å²) < 4.78 is 5.23. The van der Waals surface area contributed by atoms with E-state index in [0.29, 0.717) is 10.0 Å². The smallest absolute Gasteiger partial charge is 0.119 e. The van der Waals surface area contributed by atoms with Crippen molar-refractivity contribution in [1.29, 1.82) is 0 Å². The quantitative estimate of drug-likeness (QED) is 0.630. The molecule has 0 aromatic heterocycles. The molecule has 0 heterocycles. The van der Waals surface area contributed by atoms with Gasteiger partial charge in [0.2, 0.25) is 0 Å². The molecule has 0 spiro atoms. The standard InChI is InChI=1S/C16H18Cl2N2O/c1-21-14-4-2-3-11(9-14)7-13(20-19)8-12-5-6-15(17)16(18)10-12/h2-6,9-10,13,20H,7-8,19H2,1H3. The molecule has 3 nitrogen and oxygen atoms in total. The Balaban J connectivity index is 2.07. The molecule has 5 heteroatoms. The van der Waals surface area contributed by atoms with Gasteiger partial charge in [0.15, 0.2) is 0 Å². The average Bonchev–Trinajstić information content (AvgIpc) is 2.50. The molecule has 0 saturated heterocycles. The molecular formula is C16H18Cl2N2O. The fourth-order valence-electron chi connectivity index (χ4n) is 2.23. The molecule has 0 radical (unpaired) electrons. The van der Waals surface area contributed by atoms with Gasteiger partial charge in [-0.15, -0.1) is 0 Å². The largest absolute Gasteiger partial charge is 0.497 e. The lowest BCUT2D eigenvalue weighted by Gasteiger charge is -2.17. The lowest BCUT2D eigenvalue weighted by molar-refractivity contribution is 0.413. The molecule has 0 amide bonds. The molecule has 0 aliphatic carbocycles. The first kappa shape index (κ1) is 16.1. The van der Waals surface area contributed by atoms with Crippen molar-refractivity contribution in [2.24, 2.45) is 5.84 Å². The lowest BCUT2D eigenvalue weighted by Crippen LogP contribution is -2.38. The highest BCUT2D eigenvalue weighted by Gasteiger charge is 2.10. The molecular weight excluding hydrogens is 307 g/mol. The number of rotatable bonds is 6. The molecule has 0 fully saturated rings. The number of hydrogen-bond donors (Lipinski definition) is 2. The fourth-order valence-corrected chi connectivity index (χ4v) is 2.55. The zero-order valence-electron chi connectivity index (χ0n) is 11.8. The lowest BCUT2D eigenvalue weighted by atomic mass is 9.99. The third-order valence-corrected chi connectivity index (χ3v) is 4.06. The molecule has 1 unspecified atom stereocenters. The van der Waals surface area contributed by atoms with Crippen LogP contribution < -0.4 is 16.0 Å². The monoisotopic (exact) mass is 324 g/mol. The molecule has 112 valence electrons. The van der Waals surface area contributed by atoms with E-state index in [-0.39, 0.29) is 6.04 Å². The van der Waals surface area contributed by atoms with Gasteiger partial charge in [-0.2, -0.15) is 0 Å². The minimum atomic E-state index is 0.106. The first-order valence-corrected chi connectivity index (χ1v) is 7.41. The Hall–Kier alpha value is -1.26. The molecule has 0 bridgehead atoms. The van der Waals surface area contributed by atoms with Crippen LogP contribution >= 0.6 is 23.2 Å². The number of benzene rings is 2. The third-order valence-electron chi connectivity index (χ3n) is 3.32. The van der Waals surface area contributed by atoms with Crippen molar-refractivity contribution in [2.45, 2.75) is 18.9 Å². The predicted octanol–water partition coefficient (Wildman–Crippen LogP) is 3.62. The summed E-state index contributed by atoms with van der Waals surface area (Å²) in [6, 6.07) is 13.7. The second-order valence-corrected chi connectivity index (χ2v) is 5.69. The van der Waals surface area contributed by atoms with Gasteiger partial charge in [-0.25, -0.2) is 0 Å². The Morgan fingerprint density at radius 3 is 2.38 bits per heavy atom. The molecule has 2 rings (SSSR count). The number of halogens is 2. The van der Waals surface area contributed by atoms with Crippen LogP contribution in [0.15, 0.2) is 42.5 Å². The minimum Gasteiger partial charge on any atom is -0.497 e. The van der Waals surface area contributed by atoms with Crippen LogP contribution in [0.3, 0.4) is 0 Å². The van der Waals surface area contributed by atoms with E-state index in [4.69, 9.17) is 33.8 Å². The maximum absolute atomic E-state index is 6.04. The van der Waals surface area contributed by atoms with E-state index in [9.17, 15) is 0 Å². The number of ether oxygens (including phenoxy) is 1. The van der Waals surface area contributed by atoms with Gasteiger partial charge in [-0.3, -0.25) is 11.3 Å². The topological polar surface area (TPSA) is 47.3 Å². The molecule has 0 aliphatic rings. The van der Waals surface area contributed by atoms with Crippen LogP contribution in [-0.2, 0) is 12.8 Å². The van der Waals surface area contributed by atoms with Gasteiger partial charge in [0.05, 0.1) is 17.2 Å². The first-order chi connectivity index (χ1) is 10.1. The van der Waals surface area contributed by atoms with Crippen LogP contribution in [0.5, 0.6) is 5.75 Å². The van der Waals surface area contributed by atoms with Crippen molar-refractivity contribution >= 4 is 23.2 Å². The van der Waals surface area contributed by atoms with Crippen LogP contribution in [0.1, 0.15) is 11.1 Å². The number of hydrogen-bond acceptors (Lipinski definition) is 3. The summed E-state index contributed by atoms with van der Waals surface area (Å²) in [6.45, 7) is 0. The van der Waals surface area contributed by atoms with Crippen molar-refractivity contribution in [3.63, 3.8) is 0 Å². The highest BCUT2D eigenvalue weighted by molar-refractivity contribution is 6.42. The number of methoxy groups -OCH3 is 1. The number of hydrazine groups is 1. The summed E-state index contributed by atoms with van der Waals surface area (Å²) in [5.74, 6) is 6.51. The summed E-state index contributed by atoms with van der Waals surface area (Å²) in [7, 11) is 1.66. The van der Waals surface area contributed by atoms with Crippen LogP contribution in [0.25, 0.3) is 0 Å². The van der Waals surface area contributed by atoms with Crippen molar-refractivity contribution in [3.8, 4) is 5.75 Å². The van der Waals surface area contributed by atoms with E-state index in [2.05, 4.69) is 11.5 Å². The van der Waals surface area contributed by atoms with Crippen molar-refractivity contribution in [2.75, 3.05) is 7.11 Å². The van der Waals surface area contributed by atoms with Gasteiger partial charge in [0.1, 0.15) is 5.75 Å². The van der Waals surface area contributed by atoms with Crippen LogP contribution in [0.2, 0.25) is 10.0 Å². The Morgan fingerprint density at radius 1 is 1.05 bits per heavy atom. The number of nitrogens with two attached hydrogens (primary N) is 1. The van der Waals surface area contributed by atoms with Gasteiger partial charge in [-0.1, -0.05) is 41.4 Å². The van der Waals surface area contributed by atoms with Crippen molar-refractivity contribution in [1.82, 2.24) is 5.43 Å². The highest BCUT2D eigenvalue weighted by atomic mass is 35.5. The SMILES string of the molecule is COc1cccc(CC(Cc2ccc(Cl)c(Cl)c2)NN)c1. The molecule has 21 heavy (non-hydrogen) atoms. The van der Waals surface area contributed by atoms with Gasteiger partial charge >= 0.3 is 0 Å². The fraction of sp³-hybridized carbons (Fsp3) is 0.250. The van der Waals surface area contributed by atoms with Crippen LogP contribution in [0, 0.1) is 0 Å². The molecule has 1 atom stereocenters. The Bertz CT molecular complexity index is 605. The van der Waals surface area contributed by atoms with Crippen LogP contribution in [0.4, 0.5) is 0 Å². The third kappa shape index (κ3) is 4.61. The van der Waals surface area contributed by atoms with E-state index in [1.54, 1.807) is 13.2 Å². The Kier molecular flexibility index (Phi) is 5.88. The zero-order chi connectivity index (χ0) is 15.2. The van der Waals surface area contributed by atoms with E-state index in [1.807, 2.05) is 30.3 Å². The van der Waals surface area contributed by atoms with Crippen molar-refractivity contribution in [3.05, 3.63) is 63.6 Å². The maximum Gasteiger partial charge on any atom is 0.119 e. The maximum atomic E-state index is 6.04. The summed E-state index contributed by atoms with van der Waals surface area (Å²) in [5.41, 5.74) is 5.11. The van der Waals surface area contributed by atoms with Gasteiger partial charge in [0, 0.05) is 6.04 Å². The summed E-state index contributed by atoms with van der Waals surface area (Å²) in [4.78, 5) is 0. The van der Waals surface area contributed by atoms with E-state index in [1.165, 1.54) is 0 Å². The van der Waals surface area contributed by atoms with E-state index in [0.717, 1.165) is 29.7 Å². The average molecular weight is 325 g/mol. The minimum absolute atomic E-state index is 0.106. The van der Waals surface area contributed by atoms with Crippen molar-refractivity contribution < 1.29 is 4.74 Å². The molecule has 0 aliphatic heterocycles. The van der Waals surface area contributed by atoms with E-state index < -0.39 is 0 Å². The second kappa shape index (κ2) is 7.66. The van der Waals surface area contributed by atoms with Gasteiger partial charge < -0.3 is 4.74 Å². The highest BCUT2D eigenvalue weighted by Crippen LogP contribution is 2.23. The molecule has 2 aromatic carbocycles. The number of nitrogens with one attached hydrogen (secondary N) is 1. The summed E-state index contributed by atoms with van der Waals surface area (Å²) in [5, 5.41) is 1.12. The molecule has 3 N–H and O–H groups in total. The molecule has 0 saturated carbocycles. The zero-order valence-corrected chi connectivity index (χ0v) is 13.3. The normalized spacial score (nSPS) is 12.2. The summed E-state index contributed by atoms with van der Waals surface area (Å²) in [6.07, 6.45) is 1.57. The molecule has 2 aromatic rings. The second-order valence-electron chi connectivity index (χ2n) is 4.87. The summed E-state index contributed by atoms with van der Waals surface area (Å²) >= 11 is 12.0. The van der Waals surface area contributed by atoms with Crippen LogP contribution in [-0.4, -0.2) is 13.2 Å².